The molecule has 5 heteroatoms. The molecule has 1 heterocycles. The molecule has 104 valence electrons. The number of amides is 1. The molecule has 1 aliphatic heterocycles. The molecule has 2 rings (SSSR count). The average Bonchev–Trinajstić information content (AvgIpc) is 2.92. The van der Waals surface area contributed by atoms with E-state index in [1.54, 1.807) is 25.3 Å². The highest BCUT2D eigenvalue weighted by Crippen LogP contribution is 2.21. The number of anilines is 1. The SMILES string of the molecule is COc1ccc(C(=O)NC(C)C2CCOC2)c(N)c1. The summed E-state index contributed by atoms with van der Waals surface area (Å²) < 4.78 is 10.4. The molecule has 1 aromatic rings. The Morgan fingerprint density at radius 1 is 1.58 bits per heavy atom. The molecule has 5 nitrogen and oxygen atoms in total. The van der Waals surface area contributed by atoms with E-state index in [0.29, 0.717) is 29.5 Å². The quantitative estimate of drug-likeness (QED) is 0.807. The monoisotopic (exact) mass is 264 g/mol. The van der Waals surface area contributed by atoms with Crippen LogP contribution in [0, 0.1) is 5.92 Å². The lowest BCUT2D eigenvalue weighted by Crippen LogP contribution is -2.38. The second-order valence-electron chi connectivity index (χ2n) is 4.84. The molecule has 0 saturated carbocycles. The van der Waals surface area contributed by atoms with Gasteiger partial charge in [-0.2, -0.15) is 0 Å². The van der Waals surface area contributed by atoms with E-state index in [0.717, 1.165) is 13.0 Å². The van der Waals surface area contributed by atoms with Gasteiger partial charge in [-0.1, -0.05) is 0 Å². The van der Waals surface area contributed by atoms with E-state index in [-0.39, 0.29) is 11.9 Å². The van der Waals surface area contributed by atoms with Crippen LogP contribution in [-0.4, -0.2) is 32.3 Å². The molecule has 1 aliphatic rings. The second-order valence-corrected chi connectivity index (χ2v) is 4.84. The average molecular weight is 264 g/mol. The third kappa shape index (κ3) is 3.17. The van der Waals surface area contributed by atoms with Gasteiger partial charge in [0, 0.05) is 30.3 Å². The number of hydrogen-bond acceptors (Lipinski definition) is 4. The molecule has 0 radical (unpaired) electrons. The van der Waals surface area contributed by atoms with Gasteiger partial charge in [-0.25, -0.2) is 0 Å². The van der Waals surface area contributed by atoms with Crippen molar-refractivity contribution in [2.45, 2.75) is 19.4 Å². The van der Waals surface area contributed by atoms with Crippen molar-refractivity contribution in [2.24, 2.45) is 5.92 Å². The summed E-state index contributed by atoms with van der Waals surface area (Å²) in [7, 11) is 1.57. The van der Waals surface area contributed by atoms with Crippen LogP contribution >= 0.6 is 0 Å². The number of nitrogen functional groups attached to an aromatic ring is 1. The summed E-state index contributed by atoms with van der Waals surface area (Å²) in [4.78, 5) is 12.2. The topological polar surface area (TPSA) is 73.6 Å². The largest absolute Gasteiger partial charge is 0.497 e. The Morgan fingerprint density at radius 2 is 2.37 bits per heavy atom. The normalized spacial score (nSPS) is 20.0. The van der Waals surface area contributed by atoms with Gasteiger partial charge in [0.15, 0.2) is 0 Å². The van der Waals surface area contributed by atoms with Crippen LogP contribution in [0.2, 0.25) is 0 Å². The van der Waals surface area contributed by atoms with Crippen molar-refractivity contribution in [2.75, 3.05) is 26.1 Å². The number of nitrogens with two attached hydrogens (primary N) is 1. The number of hydrogen-bond donors (Lipinski definition) is 2. The zero-order chi connectivity index (χ0) is 13.8. The summed E-state index contributed by atoms with van der Waals surface area (Å²) in [5.41, 5.74) is 6.76. The van der Waals surface area contributed by atoms with E-state index in [9.17, 15) is 4.79 Å². The summed E-state index contributed by atoms with van der Waals surface area (Å²) in [5, 5.41) is 2.98. The van der Waals surface area contributed by atoms with Crippen molar-refractivity contribution in [1.82, 2.24) is 5.32 Å². The van der Waals surface area contributed by atoms with Gasteiger partial charge >= 0.3 is 0 Å². The molecular formula is C14H20N2O3. The van der Waals surface area contributed by atoms with Gasteiger partial charge in [0.25, 0.3) is 5.91 Å². The lowest BCUT2D eigenvalue weighted by atomic mass is 10.0. The van der Waals surface area contributed by atoms with Crippen molar-refractivity contribution in [3.05, 3.63) is 23.8 Å². The first kappa shape index (κ1) is 13.7. The van der Waals surface area contributed by atoms with E-state index in [2.05, 4.69) is 5.32 Å². The minimum Gasteiger partial charge on any atom is -0.497 e. The fourth-order valence-electron chi connectivity index (χ4n) is 2.22. The lowest BCUT2D eigenvalue weighted by Gasteiger charge is -2.19. The summed E-state index contributed by atoms with van der Waals surface area (Å²) >= 11 is 0. The third-order valence-corrected chi connectivity index (χ3v) is 3.53. The van der Waals surface area contributed by atoms with Gasteiger partial charge < -0.3 is 20.5 Å². The molecule has 1 amide bonds. The van der Waals surface area contributed by atoms with Gasteiger partial charge in [-0.3, -0.25) is 4.79 Å². The van der Waals surface area contributed by atoms with E-state index in [1.165, 1.54) is 0 Å². The van der Waals surface area contributed by atoms with Gasteiger partial charge in [0.2, 0.25) is 0 Å². The molecule has 0 bridgehead atoms. The summed E-state index contributed by atoms with van der Waals surface area (Å²) in [5.74, 6) is 0.870. The fourth-order valence-corrected chi connectivity index (χ4v) is 2.22. The Hall–Kier alpha value is -1.75. The van der Waals surface area contributed by atoms with Crippen molar-refractivity contribution in [3.8, 4) is 5.75 Å². The summed E-state index contributed by atoms with van der Waals surface area (Å²) in [6, 6.07) is 5.14. The van der Waals surface area contributed by atoms with Gasteiger partial charge in [-0.05, 0) is 25.5 Å². The molecule has 0 aromatic heterocycles. The van der Waals surface area contributed by atoms with E-state index >= 15 is 0 Å². The predicted molar refractivity (Wildman–Crippen MR) is 73.3 cm³/mol. The lowest BCUT2D eigenvalue weighted by molar-refractivity contribution is 0.0923. The Labute approximate surface area is 113 Å². The van der Waals surface area contributed by atoms with E-state index in [1.807, 2.05) is 6.92 Å². The van der Waals surface area contributed by atoms with Crippen molar-refractivity contribution in [3.63, 3.8) is 0 Å². The number of nitrogens with one attached hydrogen (secondary N) is 1. The maximum Gasteiger partial charge on any atom is 0.253 e. The van der Waals surface area contributed by atoms with Crippen LogP contribution in [0.3, 0.4) is 0 Å². The predicted octanol–water partition coefficient (Wildman–Crippen LogP) is 1.43. The molecule has 19 heavy (non-hydrogen) atoms. The van der Waals surface area contributed by atoms with Gasteiger partial charge in [0.05, 0.1) is 19.3 Å². The van der Waals surface area contributed by atoms with Crippen molar-refractivity contribution < 1.29 is 14.3 Å². The first-order chi connectivity index (χ1) is 9.11. The first-order valence-electron chi connectivity index (χ1n) is 6.44. The van der Waals surface area contributed by atoms with Gasteiger partial charge in [-0.15, -0.1) is 0 Å². The molecule has 3 N–H and O–H groups in total. The Morgan fingerprint density at radius 3 is 2.95 bits per heavy atom. The molecule has 0 aliphatic carbocycles. The number of carbonyl (C=O) groups is 1. The van der Waals surface area contributed by atoms with Crippen LogP contribution in [0.5, 0.6) is 5.75 Å². The van der Waals surface area contributed by atoms with Crippen molar-refractivity contribution in [1.29, 1.82) is 0 Å². The molecule has 0 spiro atoms. The van der Waals surface area contributed by atoms with Gasteiger partial charge in [0.1, 0.15) is 5.75 Å². The van der Waals surface area contributed by atoms with E-state index in [4.69, 9.17) is 15.2 Å². The number of benzene rings is 1. The zero-order valence-electron chi connectivity index (χ0n) is 11.3. The van der Waals surface area contributed by atoms with Crippen LogP contribution in [0.1, 0.15) is 23.7 Å². The summed E-state index contributed by atoms with van der Waals surface area (Å²) in [6.45, 7) is 3.48. The molecule has 2 atom stereocenters. The van der Waals surface area contributed by atoms with Crippen LogP contribution in [-0.2, 0) is 4.74 Å². The van der Waals surface area contributed by atoms with E-state index < -0.39 is 0 Å². The first-order valence-corrected chi connectivity index (χ1v) is 6.44. The van der Waals surface area contributed by atoms with Crippen molar-refractivity contribution >= 4 is 11.6 Å². The minimum absolute atomic E-state index is 0.0801. The minimum atomic E-state index is -0.153. The maximum atomic E-state index is 12.2. The van der Waals surface area contributed by atoms with Crippen LogP contribution in [0.25, 0.3) is 0 Å². The Kier molecular flexibility index (Phi) is 4.27. The fraction of sp³-hybridized carbons (Fsp3) is 0.500. The Balaban J connectivity index is 2.02. The highest BCUT2D eigenvalue weighted by Gasteiger charge is 2.24. The van der Waals surface area contributed by atoms with Crippen LogP contribution < -0.4 is 15.8 Å². The number of carbonyl (C=O) groups excluding carboxylic acids is 1. The number of rotatable bonds is 4. The zero-order valence-corrected chi connectivity index (χ0v) is 11.3. The molecule has 2 unspecified atom stereocenters. The maximum absolute atomic E-state index is 12.2. The number of methoxy groups -OCH3 is 1. The molecule has 1 fully saturated rings. The second kappa shape index (κ2) is 5.93. The standard InChI is InChI=1S/C14H20N2O3/c1-9(10-5-6-19-8-10)16-14(17)12-4-3-11(18-2)7-13(12)15/h3-4,7,9-10H,5-6,8,15H2,1-2H3,(H,16,17). The Bertz CT molecular complexity index is 456. The smallest absolute Gasteiger partial charge is 0.253 e. The molecule has 1 aromatic carbocycles. The van der Waals surface area contributed by atoms with Crippen LogP contribution in [0.4, 0.5) is 5.69 Å². The summed E-state index contributed by atoms with van der Waals surface area (Å²) in [6.07, 6.45) is 0.986. The number of ether oxygens (including phenoxy) is 2. The highest BCUT2D eigenvalue weighted by atomic mass is 16.5. The molecule has 1 saturated heterocycles. The van der Waals surface area contributed by atoms with Crippen LogP contribution in [0.15, 0.2) is 18.2 Å². The highest BCUT2D eigenvalue weighted by molar-refractivity contribution is 5.99. The molecular weight excluding hydrogens is 244 g/mol. The third-order valence-electron chi connectivity index (χ3n) is 3.53.